The van der Waals surface area contributed by atoms with Gasteiger partial charge in [0.2, 0.25) is 0 Å². The number of rotatable bonds is 4. The molecule has 2 heterocycles. The van der Waals surface area contributed by atoms with Crippen LogP contribution in [0.2, 0.25) is 0 Å². The van der Waals surface area contributed by atoms with E-state index >= 15 is 0 Å². The molecule has 0 aliphatic rings. The molecule has 2 aromatic heterocycles. The number of thiophene rings is 1. The van der Waals surface area contributed by atoms with Gasteiger partial charge >= 0.3 is 0 Å². The number of nitro benzene ring substituents is 1. The Kier molecular flexibility index (Phi) is 4.06. The summed E-state index contributed by atoms with van der Waals surface area (Å²) in [5.74, 6) is 0. The Hall–Kier alpha value is -3.32. The molecule has 0 saturated carbocycles. The van der Waals surface area contributed by atoms with Crippen LogP contribution in [0.3, 0.4) is 0 Å². The molecule has 26 heavy (non-hydrogen) atoms. The average Bonchev–Trinajstić information content (AvgIpc) is 3.17. The number of nitro groups is 1. The summed E-state index contributed by atoms with van der Waals surface area (Å²) in [7, 11) is 0. The second-order valence-corrected chi connectivity index (χ2v) is 6.76. The summed E-state index contributed by atoms with van der Waals surface area (Å²) in [5, 5.41) is 13.0. The first kappa shape index (κ1) is 16.2. The standard InChI is InChI=1S/C19H13N3O3S/c23-19-18(13-5-3-6-14(11-13)22(24)25)20-16-8-1-2-9-17(16)21(19)12-15-7-4-10-26-15/h1-11H,12H2. The Morgan fingerprint density at radius 2 is 1.92 bits per heavy atom. The second kappa shape index (κ2) is 6.53. The van der Waals surface area contributed by atoms with Gasteiger partial charge < -0.3 is 0 Å². The zero-order valence-electron chi connectivity index (χ0n) is 13.5. The van der Waals surface area contributed by atoms with Crippen molar-refractivity contribution in [2.75, 3.05) is 0 Å². The molecule has 6 nitrogen and oxygen atoms in total. The van der Waals surface area contributed by atoms with Gasteiger partial charge in [0.25, 0.3) is 11.2 Å². The summed E-state index contributed by atoms with van der Waals surface area (Å²) in [4.78, 5) is 29.2. The number of para-hydroxylation sites is 2. The third-order valence-corrected chi connectivity index (χ3v) is 4.94. The minimum absolute atomic E-state index is 0.0679. The van der Waals surface area contributed by atoms with Crippen LogP contribution in [-0.4, -0.2) is 14.5 Å². The van der Waals surface area contributed by atoms with Crippen LogP contribution >= 0.6 is 11.3 Å². The topological polar surface area (TPSA) is 78.0 Å². The summed E-state index contributed by atoms with van der Waals surface area (Å²) >= 11 is 1.57. The number of hydrogen-bond donors (Lipinski definition) is 0. The van der Waals surface area contributed by atoms with Crippen molar-refractivity contribution in [2.45, 2.75) is 6.54 Å². The molecule has 128 valence electrons. The quantitative estimate of drug-likeness (QED) is 0.404. The van der Waals surface area contributed by atoms with Gasteiger partial charge in [0.05, 0.1) is 22.5 Å². The van der Waals surface area contributed by atoms with E-state index in [-0.39, 0.29) is 16.9 Å². The van der Waals surface area contributed by atoms with Crippen LogP contribution in [0.4, 0.5) is 5.69 Å². The van der Waals surface area contributed by atoms with Gasteiger partial charge in [-0.05, 0) is 23.6 Å². The molecule has 4 aromatic rings. The smallest absolute Gasteiger partial charge is 0.277 e. The molecule has 0 fully saturated rings. The van der Waals surface area contributed by atoms with Gasteiger partial charge in [0.1, 0.15) is 5.69 Å². The van der Waals surface area contributed by atoms with Crippen LogP contribution < -0.4 is 5.56 Å². The van der Waals surface area contributed by atoms with E-state index in [1.807, 2.05) is 41.8 Å². The van der Waals surface area contributed by atoms with Crippen molar-refractivity contribution < 1.29 is 4.92 Å². The van der Waals surface area contributed by atoms with Crippen LogP contribution in [0.5, 0.6) is 0 Å². The lowest BCUT2D eigenvalue weighted by atomic mass is 10.1. The van der Waals surface area contributed by atoms with Gasteiger partial charge in [0, 0.05) is 22.6 Å². The molecule has 0 aliphatic carbocycles. The van der Waals surface area contributed by atoms with Crippen molar-refractivity contribution in [2.24, 2.45) is 0 Å². The number of nitrogens with zero attached hydrogens (tertiary/aromatic N) is 3. The van der Waals surface area contributed by atoms with Crippen molar-refractivity contribution in [1.82, 2.24) is 9.55 Å². The Bertz CT molecular complexity index is 1170. The van der Waals surface area contributed by atoms with Crippen LogP contribution in [0.1, 0.15) is 4.88 Å². The summed E-state index contributed by atoms with van der Waals surface area (Å²) < 4.78 is 1.67. The zero-order valence-corrected chi connectivity index (χ0v) is 14.3. The molecule has 0 spiro atoms. The van der Waals surface area contributed by atoms with Crippen molar-refractivity contribution in [3.63, 3.8) is 0 Å². The van der Waals surface area contributed by atoms with Crippen molar-refractivity contribution in [3.8, 4) is 11.3 Å². The fourth-order valence-electron chi connectivity index (χ4n) is 2.86. The molecule has 0 unspecified atom stereocenters. The molecular formula is C19H13N3O3S. The molecule has 0 amide bonds. The van der Waals surface area contributed by atoms with E-state index in [9.17, 15) is 14.9 Å². The van der Waals surface area contributed by atoms with Gasteiger partial charge in [-0.2, -0.15) is 0 Å². The first-order valence-corrected chi connectivity index (χ1v) is 8.78. The highest BCUT2D eigenvalue weighted by Crippen LogP contribution is 2.23. The lowest BCUT2D eigenvalue weighted by molar-refractivity contribution is -0.384. The summed E-state index contributed by atoms with van der Waals surface area (Å²) in [6, 6.07) is 17.3. The Morgan fingerprint density at radius 1 is 1.08 bits per heavy atom. The molecule has 2 aromatic carbocycles. The maximum absolute atomic E-state index is 13.1. The Morgan fingerprint density at radius 3 is 2.69 bits per heavy atom. The van der Waals surface area contributed by atoms with Gasteiger partial charge in [0.15, 0.2) is 0 Å². The summed E-state index contributed by atoms with van der Waals surface area (Å²) in [6.45, 7) is 0.432. The molecule has 0 radical (unpaired) electrons. The van der Waals surface area contributed by atoms with E-state index < -0.39 is 4.92 Å². The predicted molar refractivity (Wildman–Crippen MR) is 102 cm³/mol. The average molecular weight is 363 g/mol. The maximum atomic E-state index is 13.1. The molecule has 4 rings (SSSR count). The minimum atomic E-state index is -0.477. The molecule has 0 aliphatic heterocycles. The lowest BCUT2D eigenvalue weighted by Gasteiger charge is -2.11. The van der Waals surface area contributed by atoms with Crippen LogP contribution in [0.15, 0.2) is 70.8 Å². The molecule has 0 atom stereocenters. The van der Waals surface area contributed by atoms with E-state index in [4.69, 9.17) is 0 Å². The van der Waals surface area contributed by atoms with E-state index in [1.165, 1.54) is 12.1 Å². The highest BCUT2D eigenvalue weighted by atomic mass is 32.1. The highest BCUT2D eigenvalue weighted by molar-refractivity contribution is 7.09. The van der Waals surface area contributed by atoms with Gasteiger partial charge in [-0.25, -0.2) is 4.98 Å². The zero-order chi connectivity index (χ0) is 18.1. The number of aromatic nitrogens is 2. The SMILES string of the molecule is O=c1c(-c2cccc([N+](=O)[O-])c2)nc2ccccc2n1Cc1cccs1. The predicted octanol–water partition coefficient (Wildman–Crippen LogP) is 4.08. The van der Waals surface area contributed by atoms with E-state index in [0.717, 1.165) is 10.4 Å². The van der Waals surface area contributed by atoms with Crippen LogP contribution in [0, 0.1) is 10.1 Å². The first-order chi connectivity index (χ1) is 12.6. The monoisotopic (exact) mass is 363 g/mol. The second-order valence-electron chi connectivity index (χ2n) is 5.73. The fraction of sp³-hybridized carbons (Fsp3) is 0.0526. The number of benzene rings is 2. The van der Waals surface area contributed by atoms with Gasteiger partial charge in [-0.3, -0.25) is 19.5 Å². The first-order valence-electron chi connectivity index (χ1n) is 7.90. The molecule has 0 N–H and O–H groups in total. The number of non-ortho nitro benzene ring substituents is 1. The third-order valence-electron chi connectivity index (χ3n) is 4.08. The van der Waals surface area contributed by atoms with E-state index in [1.54, 1.807) is 28.0 Å². The van der Waals surface area contributed by atoms with Crippen molar-refractivity contribution in [1.29, 1.82) is 0 Å². The molecule has 7 heteroatoms. The normalized spacial score (nSPS) is 10.9. The largest absolute Gasteiger partial charge is 0.300 e. The van der Waals surface area contributed by atoms with Gasteiger partial charge in [-0.1, -0.05) is 30.3 Å². The minimum Gasteiger partial charge on any atom is -0.300 e. The molecular weight excluding hydrogens is 350 g/mol. The summed E-state index contributed by atoms with van der Waals surface area (Å²) in [6.07, 6.45) is 0. The lowest BCUT2D eigenvalue weighted by Crippen LogP contribution is -2.24. The number of fused-ring (bicyclic) bond motifs is 1. The third kappa shape index (κ3) is 2.89. The Balaban J connectivity index is 1.96. The van der Waals surface area contributed by atoms with Crippen LogP contribution in [-0.2, 0) is 6.54 Å². The molecule has 0 saturated heterocycles. The molecule has 0 bridgehead atoms. The van der Waals surface area contributed by atoms with Crippen molar-refractivity contribution in [3.05, 3.63) is 91.4 Å². The Labute approximate surface area is 152 Å². The van der Waals surface area contributed by atoms with E-state index in [2.05, 4.69) is 4.98 Å². The van der Waals surface area contributed by atoms with Crippen LogP contribution in [0.25, 0.3) is 22.3 Å². The fourth-order valence-corrected chi connectivity index (χ4v) is 3.56. The van der Waals surface area contributed by atoms with Crippen molar-refractivity contribution >= 4 is 28.1 Å². The summed E-state index contributed by atoms with van der Waals surface area (Å²) in [5.41, 5.74) is 1.73. The highest BCUT2D eigenvalue weighted by Gasteiger charge is 2.15. The maximum Gasteiger partial charge on any atom is 0.277 e. The van der Waals surface area contributed by atoms with Gasteiger partial charge in [-0.15, -0.1) is 11.3 Å². The van der Waals surface area contributed by atoms with E-state index in [0.29, 0.717) is 17.6 Å². The number of hydrogen-bond acceptors (Lipinski definition) is 5.